The fourth-order valence-electron chi connectivity index (χ4n) is 3.34. The predicted molar refractivity (Wildman–Crippen MR) is 103 cm³/mol. The van der Waals surface area contributed by atoms with Crippen LogP contribution in [-0.4, -0.2) is 34.7 Å². The van der Waals surface area contributed by atoms with Crippen LogP contribution in [0, 0.1) is 0 Å². The summed E-state index contributed by atoms with van der Waals surface area (Å²) in [6.07, 6.45) is 7.33. The van der Waals surface area contributed by atoms with Crippen molar-refractivity contribution in [2.24, 2.45) is 7.05 Å². The predicted octanol–water partition coefficient (Wildman–Crippen LogP) is 3.38. The second-order valence-corrected chi connectivity index (χ2v) is 6.63. The number of pyridine rings is 2. The Morgan fingerprint density at radius 2 is 1.93 bits per heavy atom. The molecule has 0 N–H and O–H groups in total. The summed E-state index contributed by atoms with van der Waals surface area (Å²) in [6, 6.07) is 12.4. The van der Waals surface area contributed by atoms with E-state index in [1.54, 1.807) is 10.9 Å². The number of aromatic nitrogens is 7. The largest absolute Gasteiger partial charge is 0.275 e. The van der Waals surface area contributed by atoms with Gasteiger partial charge < -0.3 is 0 Å². The highest BCUT2D eigenvalue weighted by Gasteiger charge is 2.15. The molecule has 5 rings (SSSR count). The van der Waals surface area contributed by atoms with Gasteiger partial charge in [0.25, 0.3) is 0 Å². The summed E-state index contributed by atoms with van der Waals surface area (Å²) < 4.78 is 3.71. The molecule has 0 saturated heterocycles. The molecule has 0 aliphatic rings. The quantitative estimate of drug-likeness (QED) is 0.496. The molecule has 27 heavy (non-hydrogen) atoms. The van der Waals surface area contributed by atoms with Gasteiger partial charge in [-0.2, -0.15) is 5.10 Å². The number of fused-ring (bicyclic) bond motifs is 2. The molecular weight excluding hydrogens is 338 g/mol. The second kappa shape index (κ2) is 5.98. The molecule has 4 aromatic heterocycles. The van der Waals surface area contributed by atoms with Crippen LogP contribution in [0.15, 0.2) is 61.2 Å². The van der Waals surface area contributed by atoms with Crippen molar-refractivity contribution in [3.05, 3.63) is 66.7 Å². The Hall–Kier alpha value is -3.61. The van der Waals surface area contributed by atoms with Crippen molar-refractivity contribution in [3.8, 4) is 11.3 Å². The van der Waals surface area contributed by atoms with Crippen molar-refractivity contribution in [1.29, 1.82) is 0 Å². The van der Waals surface area contributed by atoms with E-state index < -0.39 is 0 Å². The molecule has 1 atom stereocenters. The minimum atomic E-state index is 0.0313. The second-order valence-electron chi connectivity index (χ2n) is 6.63. The van der Waals surface area contributed by atoms with Crippen molar-refractivity contribution < 1.29 is 0 Å². The lowest BCUT2D eigenvalue weighted by Gasteiger charge is -2.14. The Morgan fingerprint density at radius 3 is 2.78 bits per heavy atom. The van der Waals surface area contributed by atoms with Crippen molar-refractivity contribution in [1.82, 2.24) is 34.7 Å². The highest BCUT2D eigenvalue weighted by molar-refractivity contribution is 5.80. The van der Waals surface area contributed by atoms with Gasteiger partial charge in [-0.1, -0.05) is 17.3 Å². The van der Waals surface area contributed by atoms with Gasteiger partial charge in [-0.25, -0.2) is 4.68 Å². The molecule has 0 aliphatic carbocycles. The van der Waals surface area contributed by atoms with Gasteiger partial charge >= 0.3 is 0 Å². The summed E-state index contributed by atoms with van der Waals surface area (Å²) in [5, 5.41) is 14.0. The van der Waals surface area contributed by atoms with E-state index in [2.05, 4.69) is 50.5 Å². The summed E-state index contributed by atoms with van der Waals surface area (Å²) in [6.45, 7) is 2.12. The Labute approximate surface area is 155 Å². The van der Waals surface area contributed by atoms with Gasteiger partial charge in [-0.3, -0.25) is 14.6 Å². The van der Waals surface area contributed by atoms with Crippen molar-refractivity contribution >= 4 is 21.9 Å². The number of benzene rings is 1. The molecular formula is C20H17N7. The van der Waals surface area contributed by atoms with E-state index in [9.17, 15) is 0 Å². The fraction of sp³-hybridized carbons (Fsp3) is 0.150. The summed E-state index contributed by atoms with van der Waals surface area (Å²) in [5.41, 5.74) is 5.69. The zero-order chi connectivity index (χ0) is 18.4. The molecule has 5 aromatic rings. The highest BCUT2D eigenvalue weighted by atomic mass is 15.4. The van der Waals surface area contributed by atoms with E-state index >= 15 is 0 Å². The van der Waals surface area contributed by atoms with E-state index in [0.717, 1.165) is 38.8 Å². The SMILES string of the molecule is CC(c1ccc2ncccc2c1)n1nnc2cnc(-c3cnn(C)c3)cc21. The first-order chi connectivity index (χ1) is 13.2. The molecule has 1 aromatic carbocycles. The third-order valence-corrected chi connectivity index (χ3v) is 4.83. The molecule has 0 spiro atoms. The van der Waals surface area contributed by atoms with Crippen LogP contribution in [0.5, 0.6) is 0 Å². The average molecular weight is 355 g/mol. The standard InChI is InChI=1S/C20H17N7/c1-13(14-5-6-17-15(8-14)4-3-7-21-17)27-20-9-18(16-10-23-26(2)12-16)22-11-19(20)24-25-27/h3-13H,1-2H3. The van der Waals surface area contributed by atoms with E-state index in [1.165, 1.54) is 0 Å². The minimum absolute atomic E-state index is 0.0313. The third-order valence-electron chi connectivity index (χ3n) is 4.83. The summed E-state index contributed by atoms with van der Waals surface area (Å²) in [7, 11) is 1.89. The topological polar surface area (TPSA) is 74.3 Å². The molecule has 1 unspecified atom stereocenters. The highest BCUT2D eigenvalue weighted by Crippen LogP contribution is 2.26. The van der Waals surface area contributed by atoms with Crippen LogP contribution in [0.3, 0.4) is 0 Å². The Balaban J connectivity index is 1.60. The van der Waals surface area contributed by atoms with Crippen molar-refractivity contribution in [2.75, 3.05) is 0 Å². The first kappa shape index (κ1) is 15.6. The molecule has 132 valence electrons. The molecule has 0 bridgehead atoms. The molecule has 0 saturated carbocycles. The summed E-state index contributed by atoms with van der Waals surface area (Å²) >= 11 is 0. The number of nitrogens with zero attached hydrogens (tertiary/aromatic N) is 7. The normalized spacial score (nSPS) is 12.7. The smallest absolute Gasteiger partial charge is 0.131 e. The van der Waals surface area contributed by atoms with Gasteiger partial charge in [-0.15, -0.1) is 5.10 Å². The number of aryl methyl sites for hydroxylation is 1. The maximum atomic E-state index is 4.50. The van der Waals surface area contributed by atoms with Gasteiger partial charge in [0.2, 0.25) is 0 Å². The Bertz CT molecular complexity index is 1270. The molecule has 7 nitrogen and oxygen atoms in total. The van der Waals surface area contributed by atoms with Crippen LogP contribution in [-0.2, 0) is 7.05 Å². The van der Waals surface area contributed by atoms with E-state index in [4.69, 9.17) is 0 Å². The summed E-state index contributed by atoms with van der Waals surface area (Å²) in [4.78, 5) is 8.89. The number of hydrogen-bond acceptors (Lipinski definition) is 5. The van der Waals surface area contributed by atoms with Crippen molar-refractivity contribution in [3.63, 3.8) is 0 Å². The van der Waals surface area contributed by atoms with Gasteiger partial charge in [0.15, 0.2) is 0 Å². The molecule has 0 fully saturated rings. The molecule has 0 aliphatic heterocycles. The van der Waals surface area contributed by atoms with Crippen LogP contribution >= 0.6 is 0 Å². The molecule has 7 heteroatoms. The van der Waals surface area contributed by atoms with Gasteiger partial charge in [0, 0.05) is 30.4 Å². The van der Waals surface area contributed by atoms with Gasteiger partial charge in [-0.05, 0) is 36.8 Å². The summed E-state index contributed by atoms with van der Waals surface area (Å²) in [5.74, 6) is 0. The first-order valence-corrected chi connectivity index (χ1v) is 8.74. The van der Waals surface area contributed by atoms with E-state index in [-0.39, 0.29) is 6.04 Å². The van der Waals surface area contributed by atoms with Crippen molar-refractivity contribution in [2.45, 2.75) is 13.0 Å². The molecule has 0 radical (unpaired) electrons. The monoisotopic (exact) mass is 355 g/mol. The lowest BCUT2D eigenvalue weighted by atomic mass is 10.1. The maximum Gasteiger partial charge on any atom is 0.131 e. The van der Waals surface area contributed by atoms with E-state index in [0.29, 0.717) is 0 Å². The number of rotatable bonds is 3. The Kier molecular flexibility index (Phi) is 3.46. The molecule has 0 amide bonds. The van der Waals surface area contributed by atoms with Crippen LogP contribution in [0.2, 0.25) is 0 Å². The third kappa shape index (κ3) is 2.64. The lowest BCUT2D eigenvalue weighted by molar-refractivity contribution is 0.560. The van der Waals surface area contributed by atoms with Gasteiger partial charge in [0.05, 0.1) is 35.2 Å². The van der Waals surface area contributed by atoms with Crippen LogP contribution in [0.4, 0.5) is 0 Å². The maximum absolute atomic E-state index is 4.50. The number of hydrogen-bond donors (Lipinski definition) is 0. The van der Waals surface area contributed by atoms with E-state index in [1.807, 2.05) is 48.5 Å². The van der Waals surface area contributed by atoms with Crippen LogP contribution < -0.4 is 0 Å². The average Bonchev–Trinajstić information content (AvgIpc) is 3.32. The van der Waals surface area contributed by atoms with Gasteiger partial charge in [0.1, 0.15) is 5.52 Å². The van der Waals surface area contributed by atoms with Crippen LogP contribution in [0.25, 0.3) is 33.2 Å². The fourth-order valence-corrected chi connectivity index (χ4v) is 3.34. The molecule has 4 heterocycles. The van der Waals surface area contributed by atoms with Crippen LogP contribution in [0.1, 0.15) is 18.5 Å². The Morgan fingerprint density at radius 1 is 1.00 bits per heavy atom. The lowest BCUT2D eigenvalue weighted by Crippen LogP contribution is -2.08. The minimum Gasteiger partial charge on any atom is -0.275 e. The first-order valence-electron chi connectivity index (χ1n) is 8.74. The zero-order valence-electron chi connectivity index (χ0n) is 15.0. The zero-order valence-corrected chi connectivity index (χ0v) is 15.0.